The average Bonchev–Trinajstić information content (AvgIpc) is 2.97. The number of piperidine rings is 1. The fourth-order valence-electron chi connectivity index (χ4n) is 2.90. The summed E-state index contributed by atoms with van der Waals surface area (Å²) in [6, 6.07) is 4.01. The maximum Gasteiger partial charge on any atom is 0.244 e. The Morgan fingerprint density at radius 2 is 2.24 bits per heavy atom. The van der Waals surface area contributed by atoms with E-state index < -0.39 is 0 Å². The number of hydrogen-bond donors (Lipinski definition) is 2. The first-order valence-electron chi connectivity index (χ1n) is 7.55. The van der Waals surface area contributed by atoms with Crippen LogP contribution in [0.25, 0.3) is 0 Å². The van der Waals surface area contributed by atoms with Crippen LogP contribution in [0.2, 0.25) is 0 Å². The van der Waals surface area contributed by atoms with Crippen LogP contribution in [0.15, 0.2) is 24.5 Å². The molecule has 0 saturated carbocycles. The molecule has 3 rings (SSSR count). The normalized spacial score (nSPS) is 18.9. The van der Waals surface area contributed by atoms with Crippen molar-refractivity contribution in [1.29, 1.82) is 0 Å². The highest BCUT2D eigenvalue weighted by Gasteiger charge is 2.22. The molecule has 1 aliphatic rings. The molecule has 0 spiro atoms. The van der Waals surface area contributed by atoms with E-state index in [0.29, 0.717) is 5.92 Å². The zero-order valence-corrected chi connectivity index (χ0v) is 12.4. The van der Waals surface area contributed by atoms with Crippen molar-refractivity contribution in [2.45, 2.75) is 19.3 Å². The molecule has 1 atom stereocenters. The number of aromatic nitrogens is 4. The number of hydrogen-bond acceptors (Lipinski definition) is 5. The molecule has 0 bridgehead atoms. The maximum atomic E-state index is 4.64. The molecule has 6 heteroatoms. The van der Waals surface area contributed by atoms with Gasteiger partial charge in [0.05, 0.1) is 0 Å². The molecule has 0 amide bonds. The number of nitrogens with zero attached hydrogens (tertiary/aromatic N) is 4. The van der Waals surface area contributed by atoms with Gasteiger partial charge in [0.25, 0.3) is 0 Å². The summed E-state index contributed by atoms with van der Waals surface area (Å²) in [6.07, 6.45) is 6.87. The molecule has 112 valence electrons. The van der Waals surface area contributed by atoms with Crippen LogP contribution in [0.3, 0.4) is 0 Å². The van der Waals surface area contributed by atoms with Crippen LogP contribution in [-0.2, 0) is 6.42 Å². The van der Waals surface area contributed by atoms with Gasteiger partial charge in [-0.1, -0.05) is 0 Å². The lowest BCUT2D eigenvalue weighted by Crippen LogP contribution is -2.39. The third kappa shape index (κ3) is 3.58. The number of nitrogens with one attached hydrogen (secondary N) is 2. The number of H-pyrrole nitrogens is 1. The second-order valence-corrected chi connectivity index (χ2v) is 5.63. The van der Waals surface area contributed by atoms with Gasteiger partial charge in [0, 0.05) is 31.9 Å². The summed E-state index contributed by atoms with van der Waals surface area (Å²) in [5, 5.41) is 10.7. The molecule has 1 unspecified atom stereocenters. The van der Waals surface area contributed by atoms with E-state index in [4.69, 9.17) is 0 Å². The summed E-state index contributed by atoms with van der Waals surface area (Å²) in [7, 11) is 2.01. The van der Waals surface area contributed by atoms with Gasteiger partial charge in [-0.2, -0.15) is 4.98 Å². The van der Waals surface area contributed by atoms with Crippen molar-refractivity contribution in [1.82, 2.24) is 25.5 Å². The first-order chi connectivity index (χ1) is 10.3. The first-order valence-corrected chi connectivity index (χ1v) is 7.55. The molecule has 2 aromatic heterocycles. The molecule has 6 nitrogen and oxygen atoms in total. The van der Waals surface area contributed by atoms with Crippen molar-refractivity contribution in [3.63, 3.8) is 0 Å². The second kappa shape index (κ2) is 6.67. The minimum Gasteiger partial charge on any atom is -0.339 e. The van der Waals surface area contributed by atoms with Crippen LogP contribution in [0.1, 0.15) is 24.2 Å². The topological polar surface area (TPSA) is 69.7 Å². The lowest BCUT2D eigenvalue weighted by molar-refractivity contribution is 0.399. The Morgan fingerprint density at radius 3 is 3.05 bits per heavy atom. The predicted octanol–water partition coefficient (Wildman–Crippen LogP) is 1.23. The molecule has 2 aromatic rings. The molecular weight excluding hydrogens is 264 g/mol. The molecule has 2 N–H and O–H groups in total. The Bertz CT molecular complexity index is 550. The third-order valence-corrected chi connectivity index (χ3v) is 3.94. The summed E-state index contributed by atoms with van der Waals surface area (Å²) in [5.74, 6) is 2.43. The van der Waals surface area contributed by atoms with Crippen molar-refractivity contribution in [3.05, 3.63) is 35.9 Å². The van der Waals surface area contributed by atoms with Gasteiger partial charge in [-0.25, -0.2) is 0 Å². The van der Waals surface area contributed by atoms with Crippen molar-refractivity contribution < 1.29 is 0 Å². The van der Waals surface area contributed by atoms with Crippen LogP contribution in [0, 0.1) is 5.92 Å². The highest BCUT2D eigenvalue weighted by molar-refractivity contribution is 5.30. The van der Waals surface area contributed by atoms with E-state index in [1.165, 1.54) is 18.4 Å². The molecule has 1 aliphatic heterocycles. The Labute approximate surface area is 125 Å². The zero-order valence-electron chi connectivity index (χ0n) is 12.4. The standard InChI is InChI=1S/C15H22N6/c1-16-10-13-3-2-8-21(11-13)15-18-14(19-20-15)9-12-4-6-17-7-5-12/h4-7,13,16H,2-3,8-11H2,1H3,(H,18,19,20). The van der Waals surface area contributed by atoms with Crippen molar-refractivity contribution in [2.75, 3.05) is 31.6 Å². The summed E-state index contributed by atoms with van der Waals surface area (Å²) >= 11 is 0. The van der Waals surface area contributed by atoms with E-state index in [-0.39, 0.29) is 0 Å². The Kier molecular flexibility index (Phi) is 4.45. The smallest absolute Gasteiger partial charge is 0.244 e. The minimum atomic E-state index is 0.686. The molecule has 0 radical (unpaired) electrons. The lowest BCUT2D eigenvalue weighted by atomic mass is 9.98. The summed E-state index contributed by atoms with van der Waals surface area (Å²) in [6.45, 7) is 3.14. The maximum absolute atomic E-state index is 4.64. The fourth-order valence-corrected chi connectivity index (χ4v) is 2.90. The molecule has 1 saturated heterocycles. The van der Waals surface area contributed by atoms with Crippen molar-refractivity contribution >= 4 is 5.95 Å². The van der Waals surface area contributed by atoms with Gasteiger partial charge in [-0.05, 0) is 50.0 Å². The second-order valence-electron chi connectivity index (χ2n) is 5.63. The van der Waals surface area contributed by atoms with Crippen molar-refractivity contribution in [3.8, 4) is 0 Å². The van der Waals surface area contributed by atoms with Crippen molar-refractivity contribution in [2.24, 2.45) is 5.92 Å². The van der Waals surface area contributed by atoms with Crippen LogP contribution in [0.4, 0.5) is 5.95 Å². The largest absolute Gasteiger partial charge is 0.339 e. The van der Waals surface area contributed by atoms with Crippen LogP contribution < -0.4 is 10.2 Å². The lowest BCUT2D eigenvalue weighted by Gasteiger charge is -2.31. The van der Waals surface area contributed by atoms with E-state index in [2.05, 4.69) is 30.4 Å². The molecule has 0 aliphatic carbocycles. The predicted molar refractivity (Wildman–Crippen MR) is 82.3 cm³/mol. The highest BCUT2D eigenvalue weighted by atomic mass is 15.4. The summed E-state index contributed by atoms with van der Waals surface area (Å²) in [4.78, 5) is 11.0. The molecule has 1 fully saturated rings. The summed E-state index contributed by atoms with van der Waals surface area (Å²) in [5.41, 5.74) is 1.19. The van der Waals surface area contributed by atoms with Gasteiger partial charge < -0.3 is 10.2 Å². The van der Waals surface area contributed by atoms with E-state index in [1.807, 2.05) is 19.2 Å². The molecule has 0 aromatic carbocycles. The average molecular weight is 286 g/mol. The van der Waals surface area contributed by atoms with E-state index in [1.54, 1.807) is 12.4 Å². The van der Waals surface area contributed by atoms with Gasteiger partial charge in [0.1, 0.15) is 5.82 Å². The quantitative estimate of drug-likeness (QED) is 0.865. The van der Waals surface area contributed by atoms with Gasteiger partial charge in [0.15, 0.2) is 0 Å². The molecular formula is C15H22N6. The van der Waals surface area contributed by atoms with E-state index >= 15 is 0 Å². The number of pyridine rings is 1. The number of rotatable bonds is 5. The minimum absolute atomic E-state index is 0.686. The third-order valence-electron chi connectivity index (χ3n) is 3.94. The Morgan fingerprint density at radius 1 is 1.38 bits per heavy atom. The highest BCUT2D eigenvalue weighted by Crippen LogP contribution is 2.20. The Balaban J connectivity index is 1.64. The fraction of sp³-hybridized carbons (Fsp3) is 0.533. The van der Waals surface area contributed by atoms with Gasteiger partial charge >= 0.3 is 0 Å². The molecule has 21 heavy (non-hydrogen) atoms. The monoisotopic (exact) mass is 286 g/mol. The Hall–Kier alpha value is -1.95. The SMILES string of the molecule is CNCC1CCCN(c2n[nH]c(Cc3ccncc3)n2)C1. The zero-order chi connectivity index (χ0) is 14.5. The van der Waals surface area contributed by atoms with Crippen LogP contribution >= 0.6 is 0 Å². The van der Waals surface area contributed by atoms with Gasteiger partial charge in [-0.15, -0.1) is 5.10 Å². The van der Waals surface area contributed by atoms with Crippen LogP contribution in [-0.4, -0.2) is 46.8 Å². The van der Waals surface area contributed by atoms with Gasteiger partial charge in [0.2, 0.25) is 5.95 Å². The van der Waals surface area contributed by atoms with E-state index in [0.717, 1.165) is 37.8 Å². The summed E-state index contributed by atoms with van der Waals surface area (Å²) < 4.78 is 0. The molecule has 3 heterocycles. The number of anilines is 1. The van der Waals surface area contributed by atoms with Crippen LogP contribution in [0.5, 0.6) is 0 Å². The number of aromatic amines is 1. The first kappa shape index (κ1) is 14.0. The van der Waals surface area contributed by atoms with Gasteiger partial charge in [-0.3, -0.25) is 10.1 Å². The van der Waals surface area contributed by atoms with E-state index in [9.17, 15) is 0 Å².